The number of hydrogen-bond acceptors (Lipinski definition) is 4. The van der Waals surface area contributed by atoms with Crippen molar-refractivity contribution in [3.8, 4) is 0 Å². The first-order valence-electron chi connectivity index (χ1n) is 10.2. The number of amides is 3. The summed E-state index contributed by atoms with van der Waals surface area (Å²) in [5, 5.41) is 2.95. The summed E-state index contributed by atoms with van der Waals surface area (Å²) in [5.74, 6) is 0.185. The van der Waals surface area contributed by atoms with Crippen LogP contribution in [-0.4, -0.2) is 67.4 Å². The summed E-state index contributed by atoms with van der Waals surface area (Å²) < 4.78 is 61.6. The van der Waals surface area contributed by atoms with Crippen LogP contribution in [0.1, 0.15) is 31.2 Å². The van der Waals surface area contributed by atoms with Crippen LogP contribution in [0.4, 0.5) is 18.0 Å². The number of sulfone groups is 1. The SMILES string of the molecule is O=C1CCC2(CN(C(=O)N3CCC(Cc4cccc(S(=O)(=O)C(F)(F)F)c4)CC3)C2)N1. The summed E-state index contributed by atoms with van der Waals surface area (Å²) >= 11 is 0. The van der Waals surface area contributed by atoms with Crippen molar-refractivity contribution in [1.29, 1.82) is 0 Å². The third kappa shape index (κ3) is 4.24. The number of nitrogens with one attached hydrogen (secondary N) is 1. The van der Waals surface area contributed by atoms with E-state index >= 15 is 0 Å². The summed E-state index contributed by atoms with van der Waals surface area (Å²) in [5.41, 5.74) is -5.04. The van der Waals surface area contributed by atoms with Gasteiger partial charge in [-0.3, -0.25) is 4.79 Å². The van der Waals surface area contributed by atoms with E-state index in [4.69, 9.17) is 0 Å². The fourth-order valence-corrected chi connectivity index (χ4v) is 5.50. The quantitative estimate of drug-likeness (QED) is 0.752. The predicted octanol–water partition coefficient (Wildman–Crippen LogP) is 2.32. The van der Waals surface area contributed by atoms with Crippen LogP contribution in [0.3, 0.4) is 0 Å². The van der Waals surface area contributed by atoms with Crippen molar-refractivity contribution in [3.05, 3.63) is 29.8 Å². The minimum Gasteiger partial charge on any atom is -0.347 e. The summed E-state index contributed by atoms with van der Waals surface area (Å²) in [6.07, 6.45) is 3.09. The third-order valence-corrected chi connectivity index (χ3v) is 7.90. The highest BCUT2D eigenvalue weighted by Crippen LogP contribution is 2.33. The monoisotopic (exact) mass is 459 g/mol. The van der Waals surface area contributed by atoms with E-state index in [1.54, 1.807) is 15.9 Å². The minimum absolute atomic E-state index is 0.0278. The summed E-state index contributed by atoms with van der Waals surface area (Å²) in [6, 6.07) is 4.95. The maximum absolute atomic E-state index is 12.8. The van der Waals surface area contributed by atoms with Crippen molar-refractivity contribution in [2.24, 2.45) is 5.92 Å². The second-order valence-electron chi connectivity index (χ2n) is 8.70. The van der Waals surface area contributed by atoms with Crippen LogP contribution < -0.4 is 5.32 Å². The molecule has 31 heavy (non-hydrogen) atoms. The Morgan fingerprint density at radius 3 is 2.42 bits per heavy atom. The number of alkyl halides is 3. The molecule has 3 fully saturated rings. The van der Waals surface area contributed by atoms with Gasteiger partial charge in [0.15, 0.2) is 0 Å². The number of benzene rings is 1. The Bertz CT molecular complexity index is 982. The molecule has 0 aromatic heterocycles. The number of halogens is 3. The fraction of sp³-hybridized carbons (Fsp3) is 0.600. The zero-order chi connectivity index (χ0) is 22.4. The van der Waals surface area contributed by atoms with E-state index in [0.29, 0.717) is 57.4 Å². The molecule has 3 aliphatic rings. The lowest BCUT2D eigenvalue weighted by atomic mass is 9.88. The number of urea groups is 1. The summed E-state index contributed by atoms with van der Waals surface area (Å²) in [6.45, 7) is 2.13. The van der Waals surface area contributed by atoms with Gasteiger partial charge in [-0.1, -0.05) is 12.1 Å². The highest BCUT2D eigenvalue weighted by molar-refractivity contribution is 7.92. The van der Waals surface area contributed by atoms with Crippen molar-refractivity contribution < 1.29 is 31.2 Å². The molecule has 0 bridgehead atoms. The number of likely N-dealkylation sites (tertiary alicyclic amines) is 2. The van der Waals surface area contributed by atoms with Crippen LogP contribution in [0.25, 0.3) is 0 Å². The Labute approximate surface area is 178 Å². The van der Waals surface area contributed by atoms with E-state index < -0.39 is 20.2 Å². The molecule has 0 aliphatic carbocycles. The van der Waals surface area contributed by atoms with E-state index in [-0.39, 0.29) is 23.4 Å². The maximum atomic E-state index is 12.8. The first-order chi connectivity index (χ1) is 14.5. The van der Waals surface area contributed by atoms with Gasteiger partial charge < -0.3 is 15.1 Å². The average Bonchev–Trinajstić information content (AvgIpc) is 3.08. The van der Waals surface area contributed by atoms with Gasteiger partial charge in [0.05, 0.1) is 10.4 Å². The largest absolute Gasteiger partial charge is 0.501 e. The molecule has 1 aromatic carbocycles. The number of carbonyl (C=O) groups excluding carboxylic acids is 2. The van der Waals surface area contributed by atoms with E-state index in [2.05, 4.69) is 5.32 Å². The van der Waals surface area contributed by atoms with E-state index in [0.717, 1.165) is 18.6 Å². The zero-order valence-electron chi connectivity index (χ0n) is 16.8. The number of hydrogen-bond donors (Lipinski definition) is 1. The lowest BCUT2D eigenvalue weighted by molar-refractivity contribution is -0.120. The standard InChI is InChI=1S/C20H24F3N3O4S/c21-20(22,23)31(29,30)16-3-1-2-15(11-16)10-14-5-8-25(9-6-14)18(28)26-12-19(13-26)7-4-17(27)24-19/h1-3,11,14H,4-10,12-13H2,(H,24,27). The second kappa shape index (κ2) is 7.68. The number of rotatable bonds is 3. The van der Waals surface area contributed by atoms with E-state index in [9.17, 15) is 31.2 Å². The highest BCUT2D eigenvalue weighted by atomic mass is 32.2. The van der Waals surface area contributed by atoms with Gasteiger partial charge in [0.2, 0.25) is 5.91 Å². The molecule has 1 aromatic rings. The average molecular weight is 459 g/mol. The topological polar surface area (TPSA) is 86.8 Å². The van der Waals surface area contributed by atoms with Crippen LogP contribution in [0.5, 0.6) is 0 Å². The molecule has 0 radical (unpaired) electrons. The van der Waals surface area contributed by atoms with Crippen molar-refractivity contribution in [1.82, 2.24) is 15.1 Å². The van der Waals surface area contributed by atoms with E-state index in [1.807, 2.05) is 0 Å². The Balaban J connectivity index is 1.30. The van der Waals surface area contributed by atoms with E-state index in [1.165, 1.54) is 6.07 Å². The lowest BCUT2D eigenvalue weighted by Crippen LogP contribution is -2.70. The smallest absolute Gasteiger partial charge is 0.347 e. The maximum Gasteiger partial charge on any atom is 0.501 e. The van der Waals surface area contributed by atoms with Gasteiger partial charge in [0.1, 0.15) is 0 Å². The molecule has 1 spiro atoms. The van der Waals surface area contributed by atoms with Crippen LogP contribution in [0.15, 0.2) is 29.2 Å². The molecule has 1 N–H and O–H groups in total. The third-order valence-electron chi connectivity index (χ3n) is 6.42. The zero-order valence-corrected chi connectivity index (χ0v) is 17.6. The normalized spacial score (nSPS) is 21.8. The molecule has 11 heteroatoms. The van der Waals surface area contributed by atoms with Crippen molar-refractivity contribution >= 4 is 21.8 Å². The molecule has 0 saturated carbocycles. The molecule has 0 unspecified atom stereocenters. The van der Waals surface area contributed by atoms with Gasteiger partial charge >= 0.3 is 11.5 Å². The van der Waals surface area contributed by atoms with Crippen molar-refractivity contribution in [2.75, 3.05) is 26.2 Å². The number of piperidine rings is 1. The Hall–Kier alpha value is -2.30. The molecule has 3 saturated heterocycles. The van der Waals surface area contributed by atoms with Crippen LogP contribution in [-0.2, 0) is 21.1 Å². The molecule has 3 aliphatic heterocycles. The molecule has 170 valence electrons. The van der Waals surface area contributed by atoms with Gasteiger partial charge in [0, 0.05) is 32.6 Å². The Kier molecular flexibility index (Phi) is 5.43. The summed E-state index contributed by atoms with van der Waals surface area (Å²) in [7, 11) is -5.36. The number of nitrogens with zero attached hydrogens (tertiary/aromatic N) is 2. The van der Waals surface area contributed by atoms with Crippen molar-refractivity contribution in [3.63, 3.8) is 0 Å². The Morgan fingerprint density at radius 2 is 1.84 bits per heavy atom. The first kappa shape index (κ1) is 21.9. The first-order valence-corrected chi connectivity index (χ1v) is 11.7. The predicted molar refractivity (Wildman–Crippen MR) is 105 cm³/mol. The molecule has 3 heterocycles. The van der Waals surface area contributed by atoms with Crippen LogP contribution in [0, 0.1) is 5.92 Å². The molecule has 7 nitrogen and oxygen atoms in total. The lowest BCUT2D eigenvalue weighted by Gasteiger charge is -2.49. The van der Waals surface area contributed by atoms with Crippen molar-refractivity contribution in [2.45, 2.75) is 48.0 Å². The summed E-state index contributed by atoms with van der Waals surface area (Å²) in [4.78, 5) is 26.9. The van der Waals surface area contributed by atoms with Crippen LogP contribution in [0.2, 0.25) is 0 Å². The minimum atomic E-state index is -5.36. The Morgan fingerprint density at radius 1 is 1.16 bits per heavy atom. The van der Waals surface area contributed by atoms with Gasteiger partial charge in [0.25, 0.3) is 9.84 Å². The van der Waals surface area contributed by atoms with Gasteiger partial charge in [-0.2, -0.15) is 13.2 Å². The van der Waals surface area contributed by atoms with Crippen LogP contribution >= 0.6 is 0 Å². The molecular formula is C20H24F3N3O4S. The second-order valence-corrected chi connectivity index (χ2v) is 10.6. The fourth-order valence-electron chi connectivity index (χ4n) is 4.67. The van der Waals surface area contributed by atoms with Gasteiger partial charge in [-0.05, 0) is 49.3 Å². The molecular weight excluding hydrogens is 435 g/mol. The molecule has 0 atom stereocenters. The number of carbonyl (C=O) groups is 2. The molecule has 4 rings (SSSR count). The van der Waals surface area contributed by atoms with Gasteiger partial charge in [-0.15, -0.1) is 0 Å². The van der Waals surface area contributed by atoms with Gasteiger partial charge in [-0.25, -0.2) is 13.2 Å². The molecule has 3 amide bonds. The highest BCUT2D eigenvalue weighted by Gasteiger charge is 2.50.